The molecule has 1 fully saturated rings. The first-order valence-electron chi connectivity index (χ1n) is 11.3. The Labute approximate surface area is 233 Å². The Balaban J connectivity index is 1.54. The van der Waals surface area contributed by atoms with E-state index in [4.69, 9.17) is 23.2 Å². The molecule has 2 aliphatic heterocycles. The Hall–Kier alpha value is -3.15. The zero-order valence-electron chi connectivity index (χ0n) is 19.7. The van der Waals surface area contributed by atoms with Crippen LogP contribution in [0.15, 0.2) is 70.5 Å². The van der Waals surface area contributed by atoms with Gasteiger partial charge in [0.1, 0.15) is 0 Å². The minimum absolute atomic E-state index is 0.0380. The standard InChI is InChI=1S/C26H19Cl2N3O5S2/c1-14-2-4-15(5-3-14)12-29-38(35,36)17-7-9-21-18(11-17)22(23-24(32)30-26(34)37-23)25(33)31(21)13-16-6-8-19(27)20(28)10-16/h2-11,29H,12-13H2,1H3,(H,30,32,34)/b23-22+. The van der Waals surface area contributed by atoms with E-state index in [1.54, 1.807) is 18.2 Å². The van der Waals surface area contributed by atoms with E-state index in [9.17, 15) is 22.8 Å². The molecule has 0 unspecified atom stereocenters. The van der Waals surface area contributed by atoms with Crippen molar-refractivity contribution in [3.63, 3.8) is 0 Å². The maximum absolute atomic E-state index is 13.6. The van der Waals surface area contributed by atoms with Gasteiger partial charge in [-0.2, -0.15) is 0 Å². The number of amides is 3. The van der Waals surface area contributed by atoms with Crippen LogP contribution in [-0.4, -0.2) is 25.5 Å². The number of sulfonamides is 1. The molecule has 2 aliphatic rings. The molecule has 2 N–H and O–H groups in total. The molecule has 3 aromatic carbocycles. The van der Waals surface area contributed by atoms with Crippen molar-refractivity contribution in [2.45, 2.75) is 24.9 Å². The molecule has 38 heavy (non-hydrogen) atoms. The van der Waals surface area contributed by atoms with Crippen LogP contribution < -0.4 is 14.9 Å². The molecule has 0 aliphatic carbocycles. The van der Waals surface area contributed by atoms with Gasteiger partial charge in [-0.15, -0.1) is 0 Å². The van der Waals surface area contributed by atoms with Crippen LogP contribution in [0.1, 0.15) is 22.3 Å². The molecule has 0 saturated carbocycles. The molecule has 0 bridgehead atoms. The van der Waals surface area contributed by atoms with Crippen LogP contribution in [0.25, 0.3) is 5.57 Å². The molecule has 3 amide bonds. The van der Waals surface area contributed by atoms with E-state index in [-0.39, 0.29) is 34.0 Å². The van der Waals surface area contributed by atoms with Gasteiger partial charge < -0.3 is 4.90 Å². The summed E-state index contributed by atoms with van der Waals surface area (Å²) in [4.78, 5) is 39.2. The van der Waals surface area contributed by atoms with Crippen LogP contribution in [0.5, 0.6) is 0 Å². The monoisotopic (exact) mass is 587 g/mol. The van der Waals surface area contributed by atoms with Crippen molar-refractivity contribution in [2.75, 3.05) is 4.90 Å². The average molecular weight is 588 g/mol. The second-order valence-corrected chi connectivity index (χ2v) is 12.2. The van der Waals surface area contributed by atoms with Gasteiger partial charge in [0.15, 0.2) is 0 Å². The van der Waals surface area contributed by atoms with E-state index < -0.39 is 27.1 Å². The topological polar surface area (TPSA) is 113 Å². The first-order chi connectivity index (χ1) is 18.0. The predicted octanol–water partition coefficient (Wildman–Crippen LogP) is 5.02. The number of hydrogen-bond donors (Lipinski definition) is 2. The second kappa shape index (κ2) is 10.2. The third-order valence-corrected chi connectivity index (χ3v) is 9.07. The molecule has 2 heterocycles. The number of hydrogen-bond acceptors (Lipinski definition) is 6. The Morgan fingerprint density at radius 1 is 0.921 bits per heavy atom. The van der Waals surface area contributed by atoms with Gasteiger partial charge in [0.2, 0.25) is 10.0 Å². The number of halogens is 2. The van der Waals surface area contributed by atoms with Gasteiger partial charge >= 0.3 is 0 Å². The van der Waals surface area contributed by atoms with Crippen molar-refractivity contribution in [3.05, 3.63) is 97.9 Å². The second-order valence-electron chi connectivity index (χ2n) is 8.68. The maximum Gasteiger partial charge on any atom is 0.290 e. The van der Waals surface area contributed by atoms with Crippen molar-refractivity contribution >= 4 is 73.3 Å². The minimum atomic E-state index is -3.97. The molecular formula is C26H19Cl2N3O5S2. The highest BCUT2D eigenvalue weighted by Crippen LogP contribution is 2.44. The number of thioether (sulfide) groups is 1. The maximum atomic E-state index is 13.6. The predicted molar refractivity (Wildman–Crippen MR) is 147 cm³/mol. The third-order valence-electron chi connectivity index (χ3n) is 6.05. The first kappa shape index (κ1) is 26.5. The van der Waals surface area contributed by atoms with Gasteiger partial charge in [-0.25, -0.2) is 13.1 Å². The molecule has 5 rings (SSSR count). The van der Waals surface area contributed by atoms with Crippen molar-refractivity contribution in [1.29, 1.82) is 0 Å². The number of nitrogens with zero attached hydrogens (tertiary/aromatic N) is 1. The lowest BCUT2D eigenvalue weighted by molar-refractivity contribution is -0.116. The van der Waals surface area contributed by atoms with Crippen molar-refractivity contribution in [3.8, 4) is 0 Å². The number of imide groups is 1. The Morgan fingerprint density at radius 3 is 2.29 bits per heavy atom. The van der Waals surface area contributed by atoms with Gasteiger partial charge in [0.25, 0.3) is 17.1 Å². The number of nitrogens with one attached hydrogen (secondary N) is 2. The molecule has 3 aromatic rings. The smallest absolute Gasteiger partial charge is 0.290 e. The summed E-state index contributed by atoms with van der Waals surface area (Å²) < 4.78 is 28.9. The Bertz CT molecular complexity index is 1650. The molecule has 0 spiro atoms. The Kier molecular flexibility index (Phi) is 7.10. The highest BCUT2D eigenvalue weighted by atomic mass is 35.5. The Morgan fingerprint density at radius 2 is 1.63 bits per heavy atom. The number of aryl methyl sites for hydroxylation is 1. The van der Waals surface area contributed by atoms with Crippen LogP contribution in [-0.2, 0) is 32.7 Å². The van der Waals surface area contributed by atoms with Crippen LogP contribution in [0.3, 0.4) is 0 Å². The quantitative estimate of drug-likeness (QED) is 0.391. The van der Waals surface area contributed by atoms with Crippen molar-refractivity contribution in [1.82, 2.24) is 10.0 Å². The average Bonchev–Trinajstić information content (AvgIpc) is 3.34. The van der Waals surface area contributed by atoms with Gasteiger partial charge in [0.05, 0.1) is 37.7 Å². The van der Waals surface area contributed by atoms with E-state index in [0.29, 0.717) is 33.1 Å². The highest BCUT2D eigenvalue weighted by Gasteiger charge is 2.40. The molecule has 0 radical (unpaired) electrons. The molecular weight excluding hydrogens is 569 g/mol. The number of carbonyl (C=O) groups excluding carboxylic acids is 3. The van der Waals surface area contributed by atoms with Gasteiger partial charge in [-0.3, -0.25) is 19.7 Å². The van der Waals surface area contributed by atoms with E-state index in [0.717, 1.165) is 11.1 Å². The number of anilines is 1. The summed E-state index contributed by atoms with van der Waals surface area (Å²) in [6.45, 7) is 2.09. The molecule has 0 atom stereocenters. The molecule has 1 saturated heterocycles. The lowest BCUT2D eigenvalue weighted by Crippen LogP contribution is -2.26. The van der Waals surface area contributed by atoms with Crippen LogP contribution in [0, 0.1) is 6.92 Å². The summed E-state index contributed by atoms with van der Waals surface area (Å²) in [5.74, 6) is -1.25. The SMILES string of the molecule is Cc1ccc(CNS(=O)(=O)c2ccc3c(c2)/C(=C2\SC(=O)NC2=O)C(=O)N3Cc2ccc(Cl)c(Cl)c2)cc1. The van der Waals surface area contributed by atoms with Crippen LogP contribution in [0.2, 0.25) is 10.0 Å². The summed E-state index contributed by atoms with van der Waals surface area (Å²) in [5, 5.41) is 2.21. The highest BCUT2D eigenvalue weighted by molar-refractivity contribution is 8.18. The first-order valence-corrected chi connectivity index (χ1v) is 14.3. The van der Waals surface area contributed by atoms with E-state index in [2.05, 4.69) is 10.0 Å². The summed E-state index contributed by atoms with van der Waals surface area (Å²) in [6, 6.07) is 16.6. The summed E-state index contributed by atoms with van der Waals surface area (Å²) in [7, 11) is -3.97. The summed E-state index contributed by atoms with van der Waals surface area (Å²) in [6.07, 6.45) is 0. The number of benzene rings is 3. The summed E-state index contributed by atoms with van der Waals surface area (Å²) in [5.41, 5.74) is 3.10. The fourth-order valence-corrected chi connectivity index (χ4v) is 6.26. The molecule has 0 aromatic heterocycles. The van der Waals surface area contributed by atoms with E-state index in [1.165, 1.54) is 23.1 Å². The zero-order valence-corrected chi connectivity index (χ0v) is 22.9. The van der Waals surface area contributed by atoms with Crippen LogP contribution >= 0.6 is 35.0 Å². The number of carbonyl (C=O) groups is 3. The van der Waals surface area contributed by atoms with Crippen molar-refractivity contribution < 1.29 is 22.8 Å². The van der Waals surface area contributed by atoms with Gasteiger partial charge in [-0.05, 0) is 60.1 Å². The molecule has 194 valence electrons. The molecule has 12 heteroatoms. The fourth-order valence-electron chi connectivity index (χ4n) is 4.12. The van der Waals surface area contributed by atoms with Gasteiger partial charge in [-0.1, -0.05) is 59.1 Å². The lowest BCUT2D eigenvalue weighted by Gasteiger charge is -2.18. The zero-order chi connectivity index (χ0) is 27.2. The van der Waals surface area contributed by atoms with E-state index in [1.807, 2.05) is 31.2 Å². The third kappa shape index (κ3) is 5.10. The normalized spacial score (nSPS) is 17.2. The number of fused-ring (bicyclic) bond motifs is 1. The fraction of sp³-hybridized carbons (Fsp3) is 0.115. The molecule has 8 nitrogen and oxygen atoms in total. The van der Waals surface area contributed by atoms with Gasteiger partial charge in [0, 0.05) is 12.1 Å². The van der Waals surface area contributed by atoms with E-state index >= 15 is 0 Å². The lowest BCUT2D eigenvalue weighted by atomic mass is 10.1. The summed E-state index contributed by atoms with van der Waals surface area (Å²) >= 11 is 12.8. The largest absolute Gasteiger partial charge is 0.303 e. The number of rotatable bonds is 6. The van der Waals surface area contributed by atoms with Crippen LogP contribution in [0.4, 0.5) is 10.5 Å². The minimum Gasteiger partial charge on any atom is -0.303 e. The van der Waals surface area contributed by atoms with Crippen molar-refractivity contribution in [2.24, 2.45) is 0 Å².